The van der Waals surface area contributed by atoms with Crippen LogP contribution in [0, 0.1) is 0 Å². The number of hydrogen-bond acceptors (Lipinski definition) is 5. The lowest BCUT2D eigenvalue weighted by Crippen LogP contribution is -2.12. The Hall–Kier alpha value is -13.4. The zero-order valence-corrected chi connectivity index (χ0v) is 55.5. The Labute approximate surface area is 585 Å². The van der Waals surface area contributed by atoms with Crippen LogP contribution in [0.15, 0.2) is 321 Å². The molecule has 1 unspecified atom stereocenters. The summed E-state index contributed by atoms with van der Waals surface area (Å²) in [4.78, 5) is 28.5. The van der Waals surface area contributed by atoms with E-state index in [0.717, 1.165) is 179 Å². The fourth-order valence-corrected chi connectivity index (χ4v) is 16.9. The highest BCUT2D eigenvalue weighted by Crippen LogP contribution is 2.48. The molecule has 9 heteroatoms. The molecule has 21 rings (SSSR count). The summed E-state index contributed by atoms with van der Waals surface area (Å²) < 4.78 is 9.25. The Bertz CT molecular complexity index is 7020. The summed E-state index contributed by atoms with van der Waals surface area (Å²) in [5.41, 5.74) is 24.5. The van der Waals surface area contributed by atoms with Crippen LogP contribution >= 0.6 is 0 Å². The van der Waals surface area contributed by atoms with E-state index in [1.165, 1.54) is 33.2 Å². The van der Waals surface area contributed by atoms with E-state index in [9.17, 15) is 0 Å². The van der Waals surface area contributed by atoms with Gasteiger partial charge in [0.15, 0.2) is 11.3 Å². The number of allylic oxidation sites excluding steroid dienone is 1. The predicted molar refractivity (Wildman–Crippen MR) is 423 cm³/mol. The zero-order chi connectivity index (χ0) is 67.3. The summed E-state index contributed by atoms with van der Waals surface area (Å²) in [7, 11) is 0. The van der Waals surface area contributed by atoms with Gasteiger partial charge in [-0.25, -0.2) is 24.9 Å². The van der Waals surface area contributed by atoms with Gasteiger partial charge in [0.2, 0.25) is 5.95 Å². The number of hydrogen-bond donors (Lipinski definition) is 0. The van der Waals surface area contributed by atoms with Crippen LogP contribution in [0.3, 0.4) is 0 Å². The van der Waals surface area contributed by atoms with Gasteiger partial charge in [0.1, 0.15) is 28.2 Å². The van der Waals surface area contributed by atoms with Crippen LogP contribution in [0.1, 0.15) is 46.6 Å². The SMILES string of the molecule is C=CCC(=Nc1cc2ccccc2cc1C(=C)c1ccc(-c2ccc3c(c2)c2nc4c5ccccc5c5ccccc5n4c2n3-c2nc(-c3cccc4c3-c3ccccc3C(c3ccccc3)CC4)c3ccccc3n2)cc1)n1c2ccccc2c2nc3c4ccccc4c4ccccc4n3c21. The number of benzene rings is 13. The first-order valence-electron chi connectivity index (χ1n) is 35.0. The maximum absolute atomic E-state index is 5.86. The highest BCUT2D eigenvalue weighted by Gasteiger charge is 2.30. The van der Waals surface area contributed by atoms with E-state index in [0.29, 0.717) is 12.4 Å². The van der Waals surface area contributed by atoms with Crippen LogP contribution in [-0.4, -0.2) is 43.7 Å². The van der Waals surface area contributed by atoms with E-state index in [1.807, 2.05) is 6.08 Å². The molecule has 0 saturated carbocycles. The van der Waals surface area contributed by atoms with Gasteiger partial charge in [-0.05, 0) is 133 Å². The average Bonchev–Trinajstić information content (AvgIpc) is 1.53. The Kier molecular flexibility index (Phi) is 12.8. The van der Waals surface area contributed by atoms with Gasteiger partial charge in [0, 0.05) is 61.2 Å². The number of nitrogens with zero attached hydrogens (tertiary/aromatic N) is 9. The summed E-state index contributed by atoms with van der Waals surface area (Å²) in [5, 5.41) is 12.0. The van der Waals surface area contributed by atoms with E-state index < -0.39 is 0 Å². The molecule has 0 bridgehead atoms. The second-order valence-corrected chi connectivity index (χ2v) is 27.0. The van der Waals surface area contributed by atoms with Gasteiger partial charge < -0.3 is 0 Å². The number of aromatic nitrogens is 8. The van der Waals surface area contributed by atoms with Gasteiger partial charge in [-0.2, -0.15) is 0 Å². The summed E-state index contributed by atoms with van der Waals surface area (Å²) in [6, 6.07) is 107. The van der Waals surface area contributed by atoms with E-state index in [4.69, 9.17) is 31.5 Å². The van der Waals surface area contributed by atoms with Gasteiger partial charge in [-0.15, -0.1) is 6.58 Å². The smallest absolute Gasteiger partial charge is 0.237 e. The molecule has 1 atom stereocenters. The molecule has 1 aliphatic carbocycles. The minimum absolute atomic E-state index is 0.244. The Morgan fingerprint density at radius 3 is 1.75 bits per heavy atom. The highest BCUT2D eigenvalue weighted by molar-refractivity contribution is 6.20. The molecule has 102 heavy (non-hydrogen) atoms. The first-order chi connectivity index (χ1) is 50.5. The van der Waals surface area contributed by atoms with Crippen molar-refractivity contribution in [1.82, 2.24) is 37.9 Å². The molecule has 13 aromatic carbocycles. The average molecular weight is 1300 g/mol. The van der Waals surface area contributed by atoms with Gasteiger partial charge in [0.25, 0.3) is 0 Å². The number of rotatable bonds is 9. The maximum atomic E-state index is 5.86. The van der Waals surface area contributed by atoms with Gasteiger partial charge in [0.05, 0.1) is 39.0 Å². The predicted octanol–water partition coefficient (Wildman–Crippen LogP) is 23.2. The van der Waals surface area contributed by atoms with Crippen LogP contribution in [0.25, 0.3) is 165 Å². The molecular formula is C93H61N9. The maximum Gasteiger partial charge on any atom is 0.237 e. The molecule has 7 aromatic heterocycles. The molecule has 7 heterocycles. The van der Waals surface area contributed by atoms with E-state index in [1.54, 1.807) is 0 Å². The van der Waals surface area contributed by atoms with Crippen molar-refractivity contribution < 1.29 is 0 Å². The van der Waals surface area contributed by atoms with E-state index in [2.05, 4.69) is 322 Å². The number of aliphatic imine (C=N–C) groups is 1. The van der Waals surface area contributed by atoms with E-state index in [-0.39, 0.29) is 5.92 Å². The monoisotopic (exact) mass is 1300 g/mol. The summed E-state index contributed by atoms with van der Waals surface area (Å²) in [6.07, 6.45) is 4.36. The molecule has 1 aliphatic rings. The van der Waals surface area contributed by atoms with Crippen LogP contribution in [0.5, 0.6) is 0 Å². The minimum atomic E-state index is 0.244. The summed E-state index contributed by atoms with van der Waals surface area (Å²) in [6.45, 7) is 9.23. The zero-order valence-electron chi connectivity index (χ0n) is 55.5. The Morgan fingerprint density at radius 2 is 1.03 bits per heavy atom. The first-order valence-corrected chi connectivity index (χ1v) is 35.0. The van der Waals surface area contributed by atoms with Crippen molar-refractivity contribution in [2.75, 3.05) is 0 Å². The molecule has 0 amide bonds. The lowest BCUT2D eigenvalue weighted by molar-refractivity contribution is 0.726. The van der Waals surface area contributed by atoms with Gasteiger partial charge in [-0.1, -0.05) is 261 Å². The minimum Gasteiger partial charge on any atom is -0.281 e. The summed E-state index contributed by atoms with van der Waals surface area (Å²) >= 11 is 0. The molecule has 0 N–H and O–H groups in total. The lowest BCUT2D eigenvalue weighted by Gasteiger charge is -2.20. The number of para-hydroxylation sites is 4. The van der Waals surface area contributed by atoms with Gasteiger partial charge >= 0.3 is 0 Å². The lowest BCUT2D eigenvalue weighted by atomic mass is 9.85. The Balaban J connectivity index is 0.724. The van der Waals surface area contributed by atoms with Crippen molar-refractivity contribution in [3.8, 4) is 39.5 Å². The normalized spacial score (nSPS) is 13.5. The largest absolute Gasteiger partial charge is 0.281 e. The fourth-order valence-electron chi connectivity index (χ4n) is 16.9. The fraction of sp³-hybridized carbons (Fsp3) is 0.0430. The number of imidazole rings is 2. The highest BCUT2D eigenvalue weighted by atomic mass is 15.2. The second-order valence-electron chi connectivity index (χ2n) is 27.0. The van der Waals surface area contributed by atoms with Crippen LogP contribution in [0.2, 0.25) is 0 Å². The quantitative estimate of drug-likeness (QED) is 0.0624. The van der Waals surface area contributed by atoms with Gasteiger partial charge in [-0.3, -0.25) is 17.9 Å². The Morgan fingerprint density at radius 1 is 0.451 bits per heavy atom. The third-order valence-electron chi connectivity index (χ3n) is 21.5. The third-order valence-corrected chi connectivity index (χ3v) is 21.5. The van der Waals surface area contributed by atoms with Crippen LogP contribution in [-0.2, 0) is 6.42 Å². The number of pyridine rings is 2. The number of aryl methyl sites for hydroxylation is 1. The van der Waals surface area contributed by atoms with Crippen molar-refractivity contribution in [2.24, 2.45) is 4.99 Å². The van der Waals surface area contributed by atoms with Crippen LogP contribution in [0.4, 0.5) is 5.69 Å². The molecule has 0 spiro atoms. The van der Waals surface area contributed by atoms with Crippen molar-refractivity contribution in [2.45, 2.75) is 25.2 Å². The standard InChI is InChI=1S/C93H61N9/c1-3-24-84(99-82-44-22-18-39-74(82)87-91(99)100-80-42-20-16-33-68(80)66-31-10-13-36-71(66)89(100)96-87)94-79-55-62-28-8-7-27-61(62)53-76(79)56(2)57-45-47-58(48-46-57)63-50-52-83-77(54-63)88-92(101-81-43-21-17-34-69(81)67-32-11-14-37-72(67)90(101)97-88)102(83)93-95-78-41-19-15-38-73(78)86(98-93)75-40-23-29-60-49-51-64(59-25-5-4-6-26-59)65-30-9-12-35-70(65)85(60)75/h3-23,25-48,50,52-55,64H,1-2,24,49,51H2. The molecule has 0 radical (unpaired) electrons. The third kappa shape index (κ3) is 8.61. The van der Waals surface area contributed by atoms with Crippen molar-refractivity contribution in [3.05, 3.63) is 344 Å². The molecule has 9 nitrogen and oxygen atoms in total. The first kappa shape index (κ1) is 57.7. The van der Waals surface area contributed by atoms with E-state index >= 15 is 0 Å². The molecular weight excluding hydrogens is 1240 g/mol. The molecule has 478 valence electrons. The molecule has 0 aliphatic heterocycles. The molecule has 0 fully saturated rings. The topological polar surface area (TPSA) is 82.6 Å². The molecule has 20 aromatic rings. The molecule has 0 saturated heterocycles. The van der Waals surface area contributed by atoms with Crippen LogP contribution < -0.4 is 0 Å². The second kappa shape index (κ2) is 22.6. The van der Waals surface area contributed by atoms with Crippen molar-refractivity contribution in [1.29, 1.82) is 0 Å². The number of fused-ring (bicyclic) bond motifs is 25. The van der Waals surface area contributed by atoms with Crippen molar-refractivity contribution >= 4 is 138 Å². The summed E-state index contributed by atoms with van der Waals surface area (Å²) in [5.74, 6) is 1.64. The van der Waals surface area contributed by atoms with Crippen molar-refractivity contribution in [3.63, 3.8) is 0 Å².